The summed E-state index contributed by atoms with van der Waals surface area (Å²) >= 11 is 3.38. The Hall–Kier alpha value is -3.37. The third kappa shape index (κ3) is 8.17. The minimum atomic E-state index is -4.19. The first-order valence-electron chi connectivity index (χ1n) is 14.6. The molecule has 0 bridgehead atoms. The number of amides is 2. The van der Waals surface area contributed by atoms with E-state index in [1.807, 2.05) is 38.1 Å². The first-order chi connectivity index (χ1) is 20.5. The summed E-state index contributed by atoms with van der Waals surface area (Å²) in [7, 11) is -2.69. The van der Waals surface area contributed by atoms with Crippen molar-refractivity contribution in [3.05, 3.63) is 87.9 Å². The molecule has 0 spiro atoms. The summed E-state index contributed by atoms with van der Waals surface area (Å²) in [5.41, 5.74) is 3.22. The van der Waals surface area contributed by atoms with Gasteiger partial charge in [-0.1, -0.05) is 66.8 Å². The van der Waals surface area contributed by atoms with Crippen LogP contribution in [0, 0.1) is 13.8 Å². The van der Waals surface area contributed by atoms with Crippen LogP contribution in [0.4, 0.5) is 5.69 Å². The molecule has 0 aromatic heterocycles. The van der Waals surface area contributed by atoms with E-state index in [4.69, 9.17) is 4.74 Å². The van der Waals surface area contributed by atoms with E-state index in [9.17, 15) is 18.0 Å². The average Bonchev–Trinajstić information content (AvgIpc) is 3.00. The quantitative estimate of drug-likeness (QED) is 0.265. The molecule has 8 nitrogen and oxygen atoms in total. The minimum absolute atomic E-state index is 0.00160. The zero-order chi connectivity index (χ0) is 31.1. The van der Waals surface area contributed by atoms with Crippen molar-refractivity contribution < 1.29 is 22.7 Å². The fourth-order valence-electron chi connectivity index (χ4n) is 5.22. The Morgan fingerprint density at radius 2 is 1.56 bits per heavy atom. The van der Waals surface area contributed by atoms with Crippen LogP contribution >= 0.6 is 15.9 Å². The summed E-state index contributed by atoms with van der Waals surface area (Å²) in [5, 5.41) is 3.13. The molecule has 4 rings (SSSR count). The van der Waals surface area contributed by atoms with E-state index >= 15 is 0 Å². The third-order valence-corrected chi connectivity index (χ3v) is 10.3. The van der Waals surface area contributed by atoms with Crippen LogP contribution in [0.25, 0.3) is 0 Å². The Labute approximate surface area is 263 Å². The number of aryl methyl sites for hydroxylation is 2. The van der Waals surface area contributed by atoms with Crippen molar-refractivity contribution in [3.63, 3.8) is 0 Å². The second-order valence-electron chi connectivity index (χ2n) is 11.2. The SMILES string of the molecule is COc1ccc(S(=O)(=O)N(CC(=O)N(Cc2ccc(C)cc2)[C@@H](C)C(=O)NC2CCCCC2)c2ccc(C)cc2)cc1Br. The molecule has 2 amide bonds. The van der Waals surface area contributed by atoms with Gasteiger partial charge in [-0.15, -0.1) is 0 Å². The lowest BCUT2D eigenvalue weighted by molar-refractivity contribution is -0.139. The van der Waals surface area contributed by atoms with Gasteiger partial charge in [0.2, 0.25) is 11.8 Å². The number of anilines is 1. The molecule has 1 fully saturated rings. The molecule has 1 aliphatic carbocycles. The second kappa shape index (κ2) is 14.4. The highest BCUT2D eigenvalue weighted by Gasteiger charge is 2.33. The van der Waals surface area contributed by atoms with Crippen LogP contribution in [0.2, 0.25) is 0 Å². The van der Waals surface area contributed by atoms with E-state index in [1.54, 1.807) is 37.3 Å². The number of halogens is 1. The van der Waals surface area contributed by atoms with Gasteiger partial charge in [-0.25, -0.2) is 8.42 Å². The summed E-state index contributed by atoms with van der Waals surface area (Å²) in [4.78, 5) is 29.1. The number of benzene rings is 3. The molecule has 1 aliphatic rings. The van der Waals surface area contributed by atoms with Gasteiger partial charge in [0.1, 0.15) is 18.3 Å². The number of carbonyl (C=O) groups is 2. The summed E-state index contributed by atoms with van der Waals surface area (Å²) in [6.45, 7) is 5.27. The van der Waals surface area contributed by atoms with Gasteiger partial charge in [-0.05, 0) is 85.4 Å². The van der Waals surface area contributed by atoms with Crippen molar-refractivity contribution in [3.8, 4) is 5.75 Å². The van der Waals surface area contributed by atoms with Gasteiger partial charge >= 0.3 is 0 Å². The van der Waals surface area contributed by atoms with Crippen molar-refractivity contribution in [2.75, 3.05) is 18.0 Å². The number of sulfonamides is 1. The van der Waals surface area contributed by atoms with Gasteiger partial charge in [0.05, 0.1) is 22.2 Å². The number of carbonyl (C=O) groups excluding carboxylic acids is 2. The Balaban J connectivity index is 1.68. The summed E-state index contributed by atoms with van der Waals surface area (Å²) < 4.78 is 35.1. The van der Waals surface area contributed by atoms with Crippen LogP contribution in [0.15, 0.2) is 76.1 Å². The van der Waals surface area contributed by atoms with Crippen LogP contribution in [0.1, 0.15) is 55.7 Å². The standard InChI is InChI=1S/C33H40BrN3O5S/c1-23-10-14-26(15-11-23)21-36(25(3)33(39)35-27-8-6-5-7-9-27)32(38)22-37(28-16-12-24(2)13-17-28)43(40,41)29-18-19-31(42-4)30(34)20-29/h10-20,25,27H,5-9,21-22H2,1-4H3,(H,35,39)/t25-/m0/s1. The molecule has 43 heavy (non-hydrogen) atoms. The van der Waals surface area contributed by atoms with E-state index in [0.717, 1.165) is 53.1 Å². The third-order valence-electron chi connectivity index (χ3n) is 7.90. The van der Waals surface area contributed by atoms with E-state index in [0.29, 0.717) is 15.9 Å². The highest BCUT2D eigenvalue weighted by Crippen LogP contribution is 2.31. The van der Waals surface area contributed by atoms with Crippen LogP contribution in [-0.4, -0.2) is 50.9 Å². The van der Waals surface area contributed by atoms with Gasteiger partial charge in [-0.3, -0.25) is 13.9 Å². The van der Waals surface area contributed by atoms with Crippen LogP contribution in [0.3, 0.4) is 0 Å². The first kappa shape index (κ1) is 32.5. The number of methoxy groups -OCH3 is 1. The van der Waals surface area contributed by atoms with Gasteiger partial charge in [0.25, 0.3) is 10.0 Å². The molecule has 230 valence electrons. The highest BCUT2D eigenvalue weighted by atomic mass is 79.9. The lowest BCUT2D eigenvalue weighted by Gasteiger charge is -2.33. The Morgan fingerprint density at radius 1 is 0.953 bits per heavy atom. The van der Waals surface area contributed by atoms with Crippen LogP contribution in [-0.2, 0) is 26.2 Å². The normalized spacial score (nSPS) is 14.5. The smallest absolute Gasteiger partial charge is 0.264 e. The molecule has 1 N–H and O–H groups in total. The molecular weight excluding hydrogens is 630 g/mol. The second-order valence-corrected chi connectivity index (χ2v) is 13.9. The molecule has 0 unspecified atom stereocenters. The Morgan fingerprint density at radius 3 is 2.14 bits per heavy atom. The van der Waals surface area contributed by atoms with E-state index in [2.05, 4.69) is 21.2 Å². The number of hydrogen-bond acceptors (Lipinski definition) is 5. The summed E-state index contributed by atoms with van der Waals surface area (Å²) in [5.74, 6) is -0.237. The topological polar surface area (TPSA) is 96.0 Å². The van der Waals surface area contributed by atoms with E-state index < -0.39 is 28.5 Å². The zero-order valence-electron chi connectivity index (χ0n) is 25.2. The fourth-order valence-corrected chi connectivity index (χ4v) is 7.35. The van der Waals surface area contributed by atoms with Crippen molar-refractivity contribution in [1.82, 2.24) is 10.2 Å². The largest absolute Gasteiger partial charge is 0.496 e. The number of nitrogens with zero attached hydrogens (tertiary/aromatic N) is 2. The maximum Gasteiger partial charge on any atom is 0.264 e. The monoisotopic (exact) mass is 669 g/mol. The van der Waals surface area contributed by atoms with Gasteiger partial charge in [0.15, 0.2) is 0 Å². The maximum atomic E-state index is 14.2. The van der Waals surface area contributed by atoms with Gasteiger partial charge in [0, 0.05) is 12.6 Å². The summed E-state index contributed by atoms with van der Waals surface area (Å²) in [6.07, 6.45) is 5.13. The van der Waals surface area contributed by atoms with Crippen molar-refractivity contribution >= 4 is 43.5 Å². The molecule has 0 saturated heterocycles. The molecule has 0 heterocycles. The van der Waals surface area contributed by atoms with Gasteiger partial charge < -0.3 is 15.0 Å². The Kier molecular flexibility index (Phi) is 10.9. The maximum absolute atomic E-state index is 14.2. The van der Waals surface area contributed by atoms with E-state index in [-0.39, 0.29) is 23.4 Å². The average molecular weight is 671 g/mol. The number of rotatable bonds is 11. The molecule has 0 aliphatic heterocycles. The molecule has 3 aromatic carbocycles. The molecule has 10 heteroatoms. The van der Waals surface area contributed by atoms with Crippen LogP contribution < -0.4 is 14.4 Å². The van der Waals surface area contributed by atoms with Crippen molar-refractivity contribution in [2.45, 2.75) is 76.4 Å². The molecule has 3 aromatic rings. The predicted octanol–water partition coefficient (Wildman–Crippen LogP) is 6.14. The lowest BCUT2D eigenvalue weighted by atomic mass is 9.95. The molecule has 1 atom stereocenters. The summed E-state index contributed by atoms with van der Waals surface area (Å²) in [6, 6.07) is 18.5. The number of ether oxygens (including phenoxy) is 1. The van der Waals surface area contributed by atoms with Crippen molar-refractivity contribution in [2.24, 2.45) is 0 Å². The van der Waals surface area contributed by atoms with Crippen molar-refractivity contribution in [1.29, 1.82) is 0 Å². The predicted molar refractivity (Wildman–Crippen MR) is 173 cm³/mol. The Bertz CT molecular complexity index is 1520. The van der Waals surface area contributed by atoms with Crippen LogP contribution in [0.5, 0.6) is 5.75 Å². The minimum Gasteiger partial charge on any atom is -0.496 e. The fraction of sp³-hybridized carbons (Fsp3) is 0.394. The molecular formula is C33H40BrN3O5S. The first-order valence-corrected chi connectivity index (χ1v) is 16.8. The zero-order valence-corrected chi connectivity index (χ0v) is 27.6. The number of hydrogen-bond donors (Lipinski definition) is 1. The van der Waals surface area contributed by atoms with Gasteiger partial charge in [-0.2, -0.15) is 0 Å². The molecule has 0 radical (unpaired) electrons. The van der Waals surface area contributed by atoms with E-state index in [1.165, 1.54) is 24.1 Å². The highest BCUT2D eigenvalue weighted by molar-refractivity contribution is 9.10. The molecule has 1 saturated carbocycles. The lowest BCUT2D eigenvalue weighted by Crippen LogP contribution is -2.53. The number of nitrogens with one attached hydrogen (secondary N) is 1.